The van der Waals surface area contributed by atoms with Crippen molar-refractivity contribution in [3.05, 3.63) is 23.4 Å². The van der Waals surface area contributed by atoms with Crippen LogP contribution in [-0.4, -0.2) is 64.8 Å². The number of thiophene rings is 1. The van der Waals surface area contributed by atoms with Gasteiger partial charge in [0.05, 0.1) is 18.0 Å². The maximum Gasteiger partial charge on any atom is 0.317 e. The van der Waals surface area contributed by atoms with Crippen molar-refractivity contribution in [3.63, 3.8) is 0 Å². The lowest BCUT2D eigenvalue weighted by Crippen LogP contribution is -2.35. The van der Waals surface area contributed by atoms with Crippen molar-refractivity contribution in [2.45, 2.75) is 6.54 Å². The molecule has 0 amide bonds. The lowest BCUT2D eigenvalue weighted by molar-refractivity contribution is -0.138. The molecule has 8 heteroatoms. The summed E-state index contributed by atoms with van der Waals surface area (Å²) in [7, 11) is 3.89. The minimum absolute atomic E-state index is 0.0510. The minimum Gasteiger partial charge on any atom is -0.480 e. The lowest BCUT2D eigenvalue weighted by Gasteiger charge is -2.20. The molecule has 114 valence electrons. The summed E-state index contributed by atoms with van der Waals surface area (Å²) in [5, 5.41) is 18.9. The first-order valence-electron chi connectivity index (χ1n) is 6.49. The van der Waals surface area contributed by atoms with Gasteiger partial charge >= 0.3 is 5.97 Å². The summed E-state index contributed by atoms with van der Waals surface area (Å²) in [5.41, 5.74) is 0. The summed E-state index contributed by atoms with van der Waals surface area (Å²) in [5.74, 6) is 0.0352. The molecule has 1 N–H and O–H groups in total. The van der Waals surface area contributed by atoms with Gasteiger partial charge in [0.25, 0.3) is 5.89 Å². The van der Waals surface area contributed by atoms with Gasteiger partial charge in [0.1, 0.15) is 0 Å². The van der Waals surface area contributed by atoms with E-state index in [9.17, 15) is 4.79 Å². The molecule has 0 fully saturated rings. The molecular formula is C13H18N4O3S. The van der Waals surface area contributed by atoms with Crippen LogP contribution in [0.25, 0.3) is 10.8 Å². The molecule has 0 atom stereocenters. The number of carbonyl (C=O) groups is 1. The van der Waals surface area contributed by atoms with E-state index in [1.807, 2.05) is 36.5 Å². The van der Waals surface area contributed by atoms with Crippen molar-refractivity contribution < 1.29 is 14.3 Å². The summed E-state index contributed by atoms with van der Waals surface area (Å²) in [4.78, 5) is 15.6. The Labute approximate surface area is 126 Å². The summed E-state index contributed by atoms with van der Waals surface area (Å²) in [6, 6.07) is 3.82. The van der Waals surface area contributed by atoms with E-state index < -0.39 is 5.97 Å². The molecule has 0 radical (unpaired) electrons. The van der Waals surface area contributed by atoms with Crippen molar-refractivity contribution in [1.82, 2.24) is 20.0 Å². The van der Waals surface area contributed by atoms with Crippen molar-refractivity contribution in [2.24, 2.45) is 0 Å². The second-order valence-corrected chi connectivity index (χ2v) is 5.83. The van der Waals surface area contributed by atoms with Gasteiger partial charge in [0, 0.05) is 13.1 Å². The summed E-state index contributed by atoms with van der Waals surface area (Å²) in [6.07, 6.45) is 0. The number of aliphatic carboxylic acids is 1. The molecule has 0 saturated carbocycles. The Morgan fingerprint density at radius 3 is 2.81 bits per heavy atom. The van der Waals surface area contributed by atoms with E-state index in [-0.39, 0.29) is 6.54 Å². The highest BCUT2D eigenvalue weighted by molar-refractivity contribution is 7.13. The molecule has 0 aromatic carbocycles. The van der Waals surface area contributed by atoms with Crippen LogP contribution in [-0.2, 0) is 11.3 Å². The number of aromatic nitrogens is 2. The number of rotatable bonds is 8. The first-order chi connectivity index (χ1) is 10.0. The van der Waals surface area contributed by atoms with Crippen molar-refractivity contribution in [3.8, 4) is 10.8 Å². The first-order valence-corrected chi connectivity index (χ1v) is 7.37. The van der Waals surface area contributed by atoms with Crippen LogP contribution in [0.3, 0.4) is 0 Å². The highest BCUT2D eigenvalue weighted by Gasteiger charge is 2.15. The number of likely N-dealkylation sites (N-methyl/N-ethyl adjacent to an activating group) is 1. The van der Waals surface area contributed by atoms with Gasteiger partial charge in [-0.2, -0.15) is 0 Å². The standard InChI is InChI=1S/C13H18N4O3S/c1-16(2)5-6-17(9-12(18)19)8-11-14-15-13(20-11)10-4-3-7-21-10/h3-4,7H,5-6,8-9H2,1-2H3,(H,18,19). The van der Waals surface area contributed by atoms with Crippen molar-refractivity contribution in [1.29, 1.82) is 0 Å². The van der Waals surface area contributed by atoms with Crippen LogP contribution in [0.5, 0.6) is 0 Å². The Balaban J connectivity index is 2.00. The number of carboxylic acid groups (broad SMARTS) is 1. The van der Waals surface area contributed by atoms with Crippen LogP contribution in [0.15, 0.2) is 21.9 Å². The zero-order valence-electron chi connectivity index (χ0n) is 12.0. The van der Waals surface area contributed by atoms with Crippen molar-refractivity contribution in [2.75, 3.05) is 33.7 Å². The molecule has 2 rings (SSSR count). The third-order valence-corrected chi connectivity index (χ3v) is 3.64. The van der Waals surface area contributed by atoms with Gasteiger partial charge in [-0.25, -0.2) is 0 Å². The number of nitrogens with zero attached hydrogens (tertiary/aromatic N) is 4. The van der Waals surface area contributed by atoms with Crippen molar-refractivity contribution >= 4 is 17.3 Å². The van der Waals surface area contributed by atoms with E-state index in [1.54, 1.807) is 4.90 Å². The second-order valence-electron chi connectivity index (χ2n) is 4.89. The van der Waals surface area contributed by atoms with E-state index >= 15 is 0 Å². The van der Waals surface area contributed by atoms with Gasteiger partial charge in [-0.05, 0) is 25.5 Å². The maximum absolute atomic E-state index is 10.9. The minimum atomic E-state index is -0.869. The van der Waals surface area contributed by atoms with Gasteiger partial charge in [-0.1, -0.05) is 6.07 Å². The molecular weight excluding hydrogens is 292 g/mol. The van der Waals surface area contributed by atoms with Crippen LogP contribution in [0.1, 0.15) is 5.89 Å². The zero-order valence-corrected chi connectivity index (χ0v) is 12.8. The largest absolute Gasteiger partial charge is 0.480 e. The fourth-order valence-corrected chi connectivity index (χ4v) is 2.40. The highest BCUT2D eigenvalue weighted by Crippen LogP contribution is 2.23. The van der Waals surface area contributed by atoms with Gasteiger partial charge < -0.3 is 14.4 Å². The molecule has 0 aliphatic rings. The van der Waals surface area contributed by atoms with Gasteiger partial charge in [0.15, 0.2) is 0 Å². The molecule has 21 heavy (non-hydrogen) atoms. The molecule has 0 saturated heterocycles. The van der Waals surface area contributed by atoms with Crippen LogP contribution < -0.4 is 0 Å². The fraction of sp³-hybridized carbons (Fsp3) is 0.462. The van der Waals surface area contributed by atoms with Gasteiger partial charge in [-0.15, -0.1) is 21.5 Å². The molecule has 0 bridgehead atoms. The van der Waals surface area contributed by atoms with E-state index in [0.29, 0.717) is 24.9 Å². The molecule has 7 nitrogen and oxygen atoms in total. The van der Waals surface area contributed by atoms with Gasteiger partial charge in [-0.3, -0.25) is 9.69 Å². The Kier molecular flexibility index (Phi) is 5.43. The topological polar surface area (TPSA) is 82.7 Å². The number of hydrogen-bond donors (Lipinski definition) is 1. The smallest absolute Gasteiger partial charge is 0.317 e. The summed E-state index contributed by atoms with van der Waals surface area (Å²) in [6.45, 7) is 1.66. The maximum atomic E-state index is 10.9. The number of carboxylic acids is 1. The summed E-state index contributed by atoms with van der Waals surface area (Å²) < 4.78 is 5.59. The molecule has 2 aromatic rings. The lowest BCUT2D eigenvalue weighted by atomic mass is 10.4. The second kappa shape index (κ2) is 7.30. The monoisotopic (exact) mass is 310 g/mol. The average Bonchev–Trinajstić information content (AvgIpc) is 3.05. The molecule has 0 unspecified atom stereocenters. The third kappa shape index (κ3) is 4.92. The number of hydrogen-bond acceptors (Lipinski definition) is 7. The van der Waals surface area contributed by atoms with E-state index in [2.05, 4.69) is 10.2 Å². The Morgan fingerprint density at radius 1 is 1.38 bits per heavy atom. The summed E-state index contributed by atoms with van der Waals surface area (Å²) >= 11 is 1.52. The Hall–Kier alpha value is -1.77. The normalized spacial score (nSPS) is 11.4. The van der Waals surface area contributed by atoms with Crippen LogP contribution in [0.2, 0.25) is 0 Å². The fourth-order valence-electron chi connectivity index (χ4n) is 1.76. The quantitative estimate of drug-likeness (QED) is 0.785. The first kappa shape index (κ1) is 15.6. The third-order valence-electron chi connectivity index (χ3n) is 2.78. The van der Waals surface area contributed by atoms with Gasteiger partial charge in [0.2, 0.25) is 5.89 Å². The molecule has 2 heterocycles. The Bertz CT molecular complexity index is 568. The van der Waals surface area contributed by atoms with E-state index in [0.717, 1.165) is 11.4 Å². The van der Waals surface area contributed by atoms with E-state index in [1.165, 1.54) is 11.3 Å². The van der Waals surface area contributed by atoms with Crippen LogP contribution in [0, 0.1) is 0 Å². The Morgan fingerprint density at radius 2 is 2.19 bits per heavy atom. The zero-order chi connectivity index (χ0) is 15.2. The molecule has 0 spiro atoms. The highest BCUT2D eigenvalue weighted by atomic mass is 32.1. The molecule has 0 aliphatic heterocycles. The predicted octanol–water partition coefficient (Wildman–Crippen LogP) is 1.25. The average molecular weight is 310 g/mol. The van der Waals surface area contributed by atoms with Crippen LogP contribution in [0.4, 0.5) is 0 Å². The predicted molar refractivity (Wildman–Crippen MR) is 79.1 cm³/mol. The molecule has 0 aliphatic carbocycles. The molecule has 2 aromatic heterocycles. The van der Waals surface area contributed by atoms with E-state index in [4.69, 9.17) is 9.52 Å². The SMILES string of the molecule is CN(C)CCN(CC(=O)O)Cc1nnc(-c2cccs2)o1. The van der Waals surface area contributed by atoms with Crippen LogP contribution >= 0.6 is 11.3 Å².